The lowest BCUT2D eigenvalue weighted by Gasteiger charge is -2.17. The molecule has 4 aromatic heterocycles. The van der Waals surface area contributed by atoms with Crippen molar-refractivity contribution in [2.24, 2.45) is 0 Å². The van der Waals surface area contributed by atoms with Crippen LogP contribution in [0.3, 0.4) is 0 Å². The van der Waals surface area contributed by atoms with Crippen LogP contribution in [0.25, 0.3) is 22.5 Å². The molecule has 17 heteroatoms. The van der Waals surface area contributed by atoms with Gasteiger partial charge in [-0.2, -0.15) is 0 Å². The Morgan fingerprint density at radius 3 is 1.59 bits per heavy atom. The van der Waals surface area contributed by atoms with E-state index in [1.165, 1.54) is 38.8 Å². The van der Waals surface area contributed by atoms with Crippen LogP contribution in [-0.4, -0.2) is 109 Å². The zero-order chi connectivity index (χ0) is 51.3. The third-order valence-corrected chi connectivity index (χ3v) is 13.3. The van der Waals surface area contributed by atoms with Crippen LogP contribution in [0.4, 0.5) is 17.3 Å². The van der Waals surface area contributed by atoms with Gasteiger partial charge in [-0.25, -0.2) is 19.9 Å². The smallest absolute Gasteiger partial charge is 0.227 e. The summed E-state index contributed by atoms with van der Waals surface area (Å²) in [5.74, 6) is 2.23. The maximum atomic E-state index is 6.13. The summed E-state index contributed by atoms with van der Waals surface area (Å²) in [7, 11) is 0. The van der Waals surface area contributed by atoms with Crippen molar-refractivity contribution in [1.82, 2.24) is 29.7 Å². The molecule has 388 valence electrons. The topological polar surface area (TPSA) is 151 Å². The molecule has 0 spiro atoms. The van der Waals surface area contributed by atoms with Gasteiger partial charge >= 0.3 is 0 Å². The lowest BCUT2D eigenvalue weighted by molar-refractivity contribution is 0.144. The molecule has 0 unspecified atom stereocenters. The minimum absolute atomic E-state index is 0.262. The quantitative estimate of drug-likeness (QED) is 0.0207. The summed E-state index contributed by atoms with van der Waals surface area (Å²) in [5, 5.41) is 7.71. The maximum Gasteiger partial charge on any atom is 0.227 e. The molecule has 2 aliphatic rings. The van der Waals surface area contributed by atoms with Gasteiger partial charge in [-0.1, -0.05) is 24.3 Å². The molecule has 0 atom stereocenters. The first-order chi connectivity index (χ1) is 35.8. The number of hydrogen-bond donors (Lipinski definition) is 2. The van der Waals surface area contributed by atoms with Crippen LogP contribution in [-0.2, 0) is 45.4 Å². The summed E-state index contributed by atoms with van der Waals surface area (Å²) < 4.78 is 34.1. The first kappa shape index (κ1) is 56.5. The summed E-state index contributed by atoms with van der Waals surface area (Å²) in [6, 6.07) is 19.6. The lowest BCUT2D eigenvalue weighted by atomic mass is 10.2. The van der Waals surface area contributed by atoms with E-state index in [1.807, 2.05) is 60.0 Å². The van der Waals surface area contributed by atoms with Gasteiger partial charge in [0.05, 0.1) is 64.2 Å². The number of hydrogen-bond acceptors (Lipinski definition) is 16. The molecule has 8 rings (SSSR count). The molecule has 2 aromatic carbocycles. The molecule has 2 fully saturated rings. The highest BCUT2D eigenvalue weighted by Crippen LogP contribution is 2.29. The monoisotopic (exact) mass is 1050 g/mol. The van der Waals surface area contributed by atoms with Crippen molar-refractivity contribution in [3.63, 3.8) is 0 Å². The fourth-order valence-corrected chi connectivity index (χ4v) is 9.50. The number of nitrogens with two attached hydrogens (primary N) is 1. The van der Waals surface area contributed by atoms with Crippen LogP contribution >= 0.6 is 34.3 Å². The third kappa shape index (κ3) is 20.2. The summed E-state index contributed by atoms with van der Waals surface area (Å²) in [6.07, 6.45) is 15.6. The first-order valence-electron chi connectivity index (χ1n) is 24.5. The molecule has 0 amide bonds. The number of nitrogens with zero attached hydrogens (tertiary/aromatic N) is 6. The Labute approximate surface area is 444 Å². The second-order valence-corrected chi connectivity index (χ2v) is 19.2. The number of halogens is 1. The molecule has 14 nitrogen and oxygen atoms in total. The summed E-state index contributed by atoms with van der Waals surface area (Å²) in [5.41, 5.74) is 13.2. The highest BCUT2D eigenvalue weighted by Gasteiger charge is 2.15. The van der Waals surface area contributed by atoms with E-state index in [-0.39, 0.29) is 5.28 Å². The zero-order valence-electron chi connectivity index (χ0n) is 41.8. The summed E-state index contributed by atoms with van der Waals surface area (Å²) in [4.78, 5) is 24.3. The molecule has 2 saturated heterocycles. The van der Waals surface area contributed by atoms with Crippen molar-refractivity contribution in [3.05, 3.63) is 161 Å². The van der Waals surface area contributed by atoms with Gasteiger partial charge in [0, 0.05) is 79.6 Å². The standard InChI is InChI=1S/C28H34N4O3S.C16H24N2O2.C12H11ClN2OS/c1-3-14-33-19-22-17-24(7-8-27(22)35-16-13-32-11-5-6-12-32)30-28-29-10-9-26(31-28)23-18-25(36-21-23)20-34-15-4-2;1-2-10-19-13-14-12-15(17)5-6-16(14)20-11-9-18-7-3-4-8-18;1-2-5-16-7-10-6-9(8-17-10)11-3-4-14-12(13)15-11/h3-4,7-10,17-18,21H,1-2,5-6,11-16,19-20H2,(H,29,30,31);2,5-6,12H,1,3-4,7-11,13,17H2;2-4,6,8H,1,5,7H2. The number of thiophene rings is 2. The average molecular weight is 1050 g/mol. The molecule has 0 bridgehead atoms. The Morgan fingerprint density at radius 2 is 1.07 bits per heavy atom. The Morgan fingerprint density at radius 1 is 0.589 bits per heavy atom. The van der Waals surface area contributed by atoms with Gasteiger partial charge in [0.15, 0.2) is 0 Å². The number of rotatable bonds is 28. The minimum Gasteiger partial charge on any atom is -0.492 e. The molecule has 73 heavy (non-hydrogen) atoms. The van der Waals surface area contributed by atoms with E-state index in [4.69, 9.17) is 50.7 Å². The maximum absolute atomic E-state index is 6.13. The van der Waals surface area contributed by atoms with E-state index in [2.05, 4.69) is 67.8 Å². The number of nitrogens with one attached hydrogen (secondary N) is 1. The van der Waals surface area contributed by atoms with Crippen molar-refractivity contribution in [3.8, 4) is 34.0 Å². The zero-order valence-corrected chi connectivity index (χ0v) is 44.2. The minimum atomic E-state index is 0.262. The normalized spacial score (nSPS) is 13.3. The highest BCUT2D eigenvalue weighted by atomic mass is 35.5. The average Bonchev–Trinajstić information content (AvgIpc) is 4.27. The molecule has 2 aliphatic heterocycles. The van der Waals surface area contributed by atoms with Crippen LogP contribution < -0.4 is 20.5 Å². The van der Waals surface area contributed by atoms with Crippen LogP contribution in [0.5, 0.6) is 11.5 Å². The van der Waals surface area contributed by atoms with Crippen molar-refractivity contribution in [2.75, 3.05) is 90.0 Å². The van der Waals surface area contributed by atoms with Crippen LogP contribution in [0.1, 0.15) is 46.6 Å². The second kappa shape index (κ2) is 32.4. The number of ether oxygens (including phenoxy) is 6. The molecule has 3 N–H and O–H groups in total. The fourth-order valence-electron chi connectivity index (χ4n) is 7.72. The van der Waals surface area contributed by atoms with Crippen molar-refractivity contribution in [1.29, 1.82) is 0 Å². The van der Waals surface area contributed by atoms with Gasteiger partial charge < -0.3 is 39.5 Å². The van der Waals surface area contributed by atoms with Gasteiger partial charge in [-0.15, -0.1) is 49.0 Å². The molecule has 6 aromatic rings. The Bertz CT molecular complexity index is 2600. The third-order valence-electron chi connectivity index (χ3n) is 11.3. The number of anilines is 3. The van der Waals surface area contributed by atoms with Gasteiger partial charge in [0.25, 0.3) is 0 Å². The largest absolute Gasteiger partial charge is 0.492 e. The van der Waals surface area contributed by atoms with Crippen molar-refractivity contribution < 1.29 is 28.4 Å². The Balaban J connectivity index is 0.000000197. The van der Waals surface area contributed by atoms with E-state index in [0.717, 1.165) is 92.4 Å². The summed E-state index contributed by atoms with van der Waals surface area (Å²) >= 11 is 9.04. The number of benzene rings is 2. The molecular formula is C56H69ClN8O6S2. The lowest BCUT2D eigenvalue weighted by Crippen LogP contribution is -2.25. The fraction of sp³-hybridized carbons (Fsp3) is 0.357. The number of aromatic nitrogens is 4. The van der Waals surface area contributed by atoms with Crippen LogP contribution in [0.2, 0.25) is 5.28 Å². The van der Waals surface area contributed by atoms with Crippen LogP contribution in [0.15, 0.2) is 134 Å². The van der Waals surface area contributed by atoms with Gasteiger partial charge in [-0.3, -0.25) is 9.80 Å². The van der Waals surface area contributed by atoms with E-state index in [9.17, 15) is 0 Å². The van der Waals surface area contributed by atoms with Gasteiger partial charge in [-0.05, 0) is 124 Å². The highest BCUT2D eigenvalue weighted by molar-refractivity contribution is 7.10. The van der Waals surface area contributed by atoms with E-state index < -0.39 is 0 Å². The molecule has 0 saturated carbocycles. The predicted octanol–water partition coefficient (Wildman–Crippen LogP) is 11.8. The molecular weight excluding hydrogens is 980 g/mol. The Kier molecular flexibility index (Phi) is 25.1. The second-order valence-electron chi connectivity index (χ2n) is 16.9. The van der Waals surface area contributed by atoms with E-state index in [1.54, 1.807) is 59.4 Å². The number of likely N-dealkylation sites (tertiary alicyclic amines) is 2. The summed E-state index contributed by atoms with van der Waals surface area (Å²) in [6.45, 7) is 26.9. The van der Waals surface area contributed by atoms with Crippen LogP contribution in [0, 0.1) is 0 Å². The van der Waals surface area contributed by atoms with E-state index >= 15 is 0 Å². The SMILES string of the molecule is C=CCOCc1cc(-c2ccnc(Cl)n2)cs1.C=CCOCc1cc(-c2ccnc(Nc3ccc(OCCN4CCCC4)c(COCC=C)c3)n2)cs1.C=CCOCc1cc(N)ccc1OCCN1CCCC1. The number of nitrogen functional groups attached to an aromatic ring is 1. The molecule has 6 heterocycles. The van der Waals surface area contributed by atoms with Crippen molar-refractivity contribution in [2.45, 2.75) is 52.1 Å². The van der Waals surface area contributed by atoms with Gasteiger partial charge in [0.2, 0.25) is 11.2 Å². The first-order valence-corrected chi connectivity index (χ1v) is 26.7. The molecule has 0 aliphatic carbocycles. The predicted molar refractivity (Wildman–Crippen MR) is 298 cm³/mol. The van der Waals surface area contributed by atoms with Gasteiger partial charge in [0.1, 0.15) is 24.7 Å². The van der Waals surface area contributed by atoms with E-state index in [0.29, 0.717) is 72.0 Å². The van der Waals surface area contributed by atoms with Crippen molar-refractivity contribution >= 4 is 51.6 Å². The Hall–Kier alpha value is -5.79. The molecule has 0 radical (unpaired) electrons.